The molecule has 160 valence electrons. The lowest BCUT2D eigenvalue weighted by Gasteiger charge is -2.42. The number of anilines is 1. The van der Waals surface area contributed by atoms with Gasteiger partial charge in [0.05, 0.1) is 0 Å². The molecule has 0 aliphatic carbocycles. The van der Waals surface area contributed by atoms with Crippen LogP contribution in [0, 0.1) is 22.7 Å². The summed E-state index contributed by atoms with van der Waals surface area (Å²) in [4.78, 5) is 2.39. The summed E-state index contributed by atoms with van der Waals surface area (Å²) in [5.74, 6) is 1.27. The molecule has 1 aromatic rings. The summed E-state index contributed by atoms with van der Waals surface area (Å²) in [6.07, 6.45) is 8.54. The minimum atomic E-state index is 0.0138. The monoisotopic (exact) mass is 413 g/mol. The fourth-order valence-corrected chi connectivity index (χ4v) is 4.16. The maximum absolute atomic E-state index is 9.20. The molecule has 0 aromatic heterocycles. The molecule has 31 heavy (non-hydrogen) atoms. The second-order valence-corrected chi connectivity index (χ2v) is 10.1. The highest BCUT2D eigenvalue weighted by Crippen LogP contribution is 2.45. The Bertz CT molecular complexity index is 1080. The molecular formula is C27H31N3O. The zero-order valence-corrected chi connectivity index (χ0v) is 19.6. The highest BCUT2D eigenvalue weighted by Gasteiger charge is 2.34. The molecule has 0 saturated carbocycles. The Labute approximate surface area is 186 Å². The lowest BCUT2D eigenvalue weighted by Crippen LogP contribution is -2.37. The predicted molar refractivity (Wildman–Crippen MR) is 126 cm³/mol. The van der Waals surface area contributed by atoms with E-state index in [-0.39, 0.29) is 16.4 Å². The van der Waals surface area contributed by atoms with Crippen molar-refractivity contribution in [2.24, 2.45) is 0 Å². The van der Waals surface area contributed by atoms with Crippen LogP contribution in [0.1, 0.15) is 64.7 Å². The van der Waals surface area contributed by atoms with Crippen molar-refractivity contribution >= 4 is 11.8 Å². The van der Waals surface area contributed by atoms with E-state index < -0.39 is 0 Å². The lowest BCUT2D eigenvalue weighted by atomic mass is 9.73. The lowest BCUT2D eigenvalue weighted by molar-refractivity contribution is 0.318. The number of allylic oxidation sites excluding steroid dienone is 6. The first-order valence-electron chi connectivity index (χ1n) is 10.7. The molecule has 0 unspecified atom stereocenters. The fourth-order valence-electron chi connectivity index (χ4n) is 4.16. The van der Waals surface area contributed by atoms with Crippen LogP contribution in [0.3, 0.4) is 0 Å². The number of hydrogen-bond acceptors (Lipinski definition) is 4. The third-order valence-corrected chi connectivity index (χ3v) is 6.01. The SMILES string of the molecule is CC1=CC(=C(C#N)C#N)C=C(/C=C/c2cc(C(C)(C)C)c3c(c2)C(C)(C)CCN3C)O1. The van der Waals surface area contributed by atoms with E-state index >= 15 is 0 Å². The molecule has 2 aliphatic heterocycles. The van der Waals surface area contributed by atoms with Gasteiger partial charge in [-0.25, -0.2) is 0 Å². The molecule has 3 rings (SSSR count). The van der Waals surface area contributed by atoms with Gasteiger partial charge in [-0.2, -0.15) is 10.5 Å². The molecule has 1 aromatic carbocycles. The normalized spacial score (nSPS) is 17.8. The van der Waals surface area contributed by atoms with E-state index in [1.807, 2.05) is 25.1 Å². The fraction of sp³-hybridized carbons (Fsp3) is 0.407. The van der Waals surface area contributed by atoms with E-state index in [2.05, 4.69) is 64.8 Å². The molecule has 0 N–H and O–H groups in total. The number of nitriles is 2. The van der Waals surface area contributed by atoms with E-state index in [9.17, 15) is 10.5 Å². The van der Waals surface area contributed by atoms with Crippen LogP contribution in [-0.2, 0) is 15.6 Å². The first kappa shape index (κ1) is 22.4. The number of rotatable bonds is 2. The first-order valence-corrected chi connectivity index (χ1v) is 10.7. The van der Waals surface area contributed by atoms with E-state index in [1.54, 1.807) is 12.2 Å². The van der Waals surface area contributed by atoms with Gasteiger partial charge in [-0.05, 0) is 71.2 Å². The number of hydrogen-bond donors (Lipinski definition) is 0. The smallest absolute Gasteiger partial charge is 0.137 e. The van der Waals surface area contributed by atoms with Gasteiger partial charge in [-0.1, -0.05) is 40.7 Å². The van der Waals surface area contributed by atoms with Crippen LogP contribution in [0.2, 0.25) is 0 Å². The molecule has 4 nitrogen and oxygen atoms in total. The maximum atomic E-state index is 9.20. The summed E-state index contributed by atoms with van der Waals surface area (Å²) in [6, 6.07) is 8.46. The summed E-state index contributed by atoms with van der Waals surface area (Å²) in [5, 5.41) is 18.4. The van der Waals surface area contributed by atoms with Gasteiger partial charge in [-0.3, -0.25) is 0 Å². The van der Waals surface area contributed by atoms with Crippen LogP contribution >= 0.6 is 0 Å². The topological polar surface area (TPSA) is 60.0 Å². The second-order valence-electron chi connectivity index (χ2n) is 10.1. The zero-order valence-electron chi connectivity index (χ0n) is 19.6. The summed E-state index contributed by atoms with van der Waals surface area (Å²) >= 11 is 0. The van der Waals surface area contributed by atoms with Gasteiger partial charge >= 0.3 is 0 Å². The molecule has 0 radical (unpaired) electrons. The molecule has 0 fully saturated rings. The van der Waals surface area contributed by atoms with Gasteiger partial charge in [0.2, 0.25) is 0 Å². The molecule has 0 atom stereocenters. The Morgan fingerprint density at radius 3 is 2.42 bits per heavy atom. The average Bonchev–Trinajstić information content (AvgIpc) is 2.69. The van der Waals surface area contributed by atoms with Crippen LogP contribution in [0.15, 0.2) is 53.0 Å². The Kier molecular flexibility index (Phi) is 5.88. The molecule has 0 saturated heterocycles. The largest absolute Gasteiger partial charge is 0.462 e. The Morgan fingerprint density at radius 1 is 1.13 bits per heavy atom. The third-order valence-electron chi connectivity index (χ3n) is 6.01. The van der Waals surface area contributed by atoms with Crippen LogP contribution < -0.4 is 4.90 Å². The van der Waals surface area contributed by atoms with Crippen molar-refractivity contribution in [3.8, 4) is 12.1 Å². The first-order chi connectivity index (χ1) is 14.5. The third kappa shape index (κ3) is 4.59. The number of nitrogens with zero attached hydrogens (tertiary/aromatic N) is 3. The van der Waals surface area contributed by atoms with Gasteiger partial charge < -0.3 is 9.64 Å². The minimum absolute atomic E-state index is 0.0138. The minimum Gasteiger partial charge on any atom is -0.462 e. The van der Waals surface area contributed by atoms with Crippen molar-refractivity contribution in [2.75, 3.05) is 18.5 Å². The number of benzene rings is 1. The highest BCUT2D eigenvalue weighted by atomic mass is 16.5. The van der Waals surface area contributed by atoms with Crippen molar-refractivity contribution in [1.29, 1.82) is 10.5 Å². The summed E-state index contributed by atoms with van der Waals surface area (Å²) in [5.41, 5.74) is 5.97. The predicted octanol–water partition coefficient (Wildman–Crippen LogP) is 6.28. The average molecular weight is 414 g/mol. The van der Waals surface area contributed by atoms with Crippen LogP contribution in [0.5, 0.6) is 0 Å². The zero-order chi connectivity index (χ0) is 23.0. The summed E-state index contributed by atoms with van der Waals surface area (Å²) in [7, 11) is 2.18. The van der Waals surface area contributed by atoms with Gasteiger partial charge in [-0.15, -0.1) is 0 Å². The van der Waals surface area contributed by atoms with Crippen molar-refractivity contribution in [3.63, 3.8) is 0 Å². The molecule has 0 spiro atoms. The van der Waals surface area contributed by atoms with Crippen molar-refractivity contribution < 1.29 is 4.74 Å². The summed E-state index contributed by atoms with van der Waals surface area (Å²) in [6.45, 7) is 14.3. The van der Waals surface area contributed by atoms with E-state index in [1.165, 1.54) is 16.8 Å². The summed E-state index contributed by atoms with van der Waals surface area (Å²) < 4.78 is 5.82. The van der Waals surface area contributed by atoms with Gasteiger partial charge in [0, 0.05) is 24.9 Å². The van der Waals surface area contributed by atoms with Gasteiger partial charge in [0.1, 0.15) is 29.2 Å². The standard InChI is InChI=1S/C27H31N3O/c1-18-12-20(21(16-28)17-29)15-22(31-18)9-8-19-13-23(26(2,3)4)25-24(14-19)27(5,6)10-11-30(25)7/h8-9,12-15H,10-11H2,1-7H3/b9-8+. The molecule has 0 amide bonds. The van der Waals surface area contributed by atoms with Crippen LogP contribution in [0.25, 0.3) is 6.08 Å². The Morgan fingerprint density at radius 2 is 1.81 bits per heavy atom. The van der Waals surface area contributed by atoms with Crippen molar-refractivity contribution in [2.45, 2.75) is 58.8 Å². The Balaban J connectivity index is 2.09. The van der Waals surface area contributed by atoms with Gasteiger partial charge in [0.25, 0.3) is 0 Å². The Hall–Kier alpha value is -3.24. The van der Waals surface area contributed by atoms with Crippen LogP contribution in [0.4, 0.5) is 5.69 Å². The van der Waals surface area contributed by atoms with E-state index in [0.29, 0.717) is 17.1 Å². The molecule has 4 heteroatoms. The molecule has 0 bridgehead atoms. The number of fused-ring (bicyclic) bond motifs is 1. The second kappa shape index (κ2) is 8.12. The quantitative estimate of drug-likeness (QED) is 0.536. The van der Waals surface area contributed by atoms with Gasteiger partial charge in [0.15, 0.2) is 0 Å². The molecular weight excluding hydrogens is 382 g/mol. The maximum Gasteiger partial charge on any atom is 0.137 e. The highest BCUT2D eigenvalue weighted by molar-refractivity contribution is 5.70. The van der Waals surface area contributed by atoms with E-state index in [0.717, 1.165) is 18.5 Å². The molecule has 2 aliphatic rings. The van der Waals surface area contributed by atoms with Crippen LogP contribution in [-0.4, -0.2) is 13.6 Å². The van der Waals surface area contributed by atoms with Crippen molar-refractivity contribution in [1.82, 2.24) is 0 Å². The van der Waals surface area contributed by atoms with E-state index in [4.69, 9.17) is 4.74 Å². The van der Waals surface area contributed by atoms with Crippen molar-refractivity contribution in [3.05, 3.63) is 69.7 Å². The molecule has 2 heterocycles. The number of ether oxygens (including phenoxy) is 1.